The Bertz CT molecular complexity index is 1010. The van der Waals surface area contributed by atoms with Crippen LogP contribution in [0.15, 0.2) is 53.3 Å². The Balaban J connectivity index is 1.97. The first kappa shape index (κ1) is 17.9. The van der Waals surface area contributed by atoms with Gasteiger partial charge in [0, 0.05) is 11.9 Å². The van der Waals surface area contributed by atoms with Crippen LogP contribution in [0.3, 0.4) is 0 Å². The van der Waals surface area contributed by atoms with Crippen LogP contribution >= 0.6 is 0 Å². The number of aromatic nitrogens is 2. The van der Waals surface area contributed by atoms with Crippen LogP contribution in [0.2, 0.25) is 0 Å². The molecule has 3 aromatic rings. The molecule has 5 nitrogen and oxygen atoms in total. The van der Waals surface area contributed by atoms with Gasteiger partial charge in [-0.25, -0.2) is 9.48 Å². The Kier molecular flexibility index (Phi) is 5.16. The van der Waals surface area contributed by atoms with E-state index in [2.05, 4.69) is 5.10 Å². The first-order valence-electron chi connectivity index (χ1n) is 8.69. The summed E-state index contributed by atoms with van der Waals surface area (Å²) in [7, 11) is 0. The number of carbonyl (C=O) groups excluding carboxylic acids is 1. The minimum absolute atomic E-state index is 0.171. The molecule has 2 aromatic carbocycles. The molecule has 0 saturated carbocycles. The van der Waals surface area contributed by atoms with Crippen molar-refractivity contribution in [2.45, 2.75) is 33.9 Å². The maximum absolute atomic E-state index is 12.7. The molecule has 0 spiro atoms. The zero-order chi connectivity index (χ0) is 18.7. The molecule has 0 unspecified atom stereocenters. The van der Waals surface area contributed by atoms with Crippen LogP contribution in [-0.2, 0) is 17.9 Å². The smallest absolute Gasteiger partial charge is 0.359 e. The Labute approximate surface area is 152 Å². The van der Waals surface area contributed by atoms with E-state index in [1.54, 1.807) is 24.3 Å². The van der Waals surface area contributed by atoms with Crippen LogP contribution in [0, 0.1) is 12.8 Å². The number of carbonyl (C=O) groups is 1. The zero-order valence-corrected chi connectivity index (χ0v) is 15.2. The molecule has 5 heteroatoms. The monoisotopic (exact) mass is 350 g/mol. The minimum atomic E-state index is -0.526. The number of hydrogen-bond donors (Lipinski definition) is 0. The van der Waals surface area contributed by atoms with Crippen molar-refractivity contribution in [2.24, 2.45) is 5.92 Å². The molecule has 0 fully saturated rings. The molecule has 0 amide bonds. The van der Waals surface area contributed by atoms with Crippen molar-refractivity contribution in [1.29, 1.82) is 0 Å². The average Bonchev–Trinajstić information content (AvgIpc) is 2.63. The highest BCUT2D eigenvalue weighted by Gasteiger charge is 2.18. The standard InChI is InChI=1S/C21H22N2O3/c1-14(2)12-23-20(24)18-11-7-6-10-17(18)19(22-23)21(25)26-13-16-9-5-4-8-15(16)3/h4-11,14H,12-13H2,1-3H3. The summed E-state index contributed by atoms with van der Waals surface area (Å²) in [6.45, 7) is 6.59. The first-order chi connectivity index (χ1) is 12.5. The molecule has 0 aliphatic carbocycles. The molecule has 0 N–H and O–H groups in total. The summed E-state index contributed by atoms with van der Waals surface area (Å²) >= 11 is 0. The second kappa shape index (κ2) is 7.52. The van der Waals surface area contributed by atoms with E-state index >= 15 is 0 Å². The van der Waals surface area contributed by atoms with Gasteiger partial charge in [-0.2, -0.15) is 5.10 Å². The van der Waals surface area contributed by atoms with Gasteiger partial charge in [0.2, 0.25) is 0 Å². The Morgan fingerprint density at radius 2 is 1.73 bits per heavy atom. The molecule has 0 atom stereocenters. The van der Waals surface area contributed by atoms with Gasteiger partial charge in [0.25, 0.3) is 5.56 Å². The number of esters is 1. The Morgan fingerprint density at radius 1 is 1.08 bits per heavy atom. The van der Waals surface area contributed by atoms with Crippen LogP contribution in [0.4, 0.5) is 0 Å². The lowest BCUT2D eigenvalue weighted by atomic mass is 10.1. The molecule has 0 bridgehead atoms. The summed E-state index contributed by atoms with van der Waals surface area (Å²) in [5.41, 5.74) is 1.99. The summed E-state index contributed by atoms with van der Waals surface area (Å²) in [6, 6.07) is 14.8. The summed E-state index contributed by atoms with van der Waals surface area (Å²) in [6.07, 6.45) is 0. The Hall–Kier alpha value is -2.95. The lowest BCUT2D eigenvalue weighted by Crippen LogP contribution is -2.28. The molecule has 1 heterocycles. The van der Waals surface area contributed by atoms with E-state index in [0.29, 0.717) is 17.3 Å². The maximum atomic E-state index is 12.7. The zero-order valence-electron chi connectivity index (χ0n) is 15.2. The minimum Gasteiger partial charge on any atom is -0.456 e. The van der Waals surface area contributed by atoms with Gasteiger partial charge < -0.3 is 4.74 Å². The lowest BCUT2D eigenvalue weighted by molar-refractivity contribution is 0.0464. The maximum Gasteiger partial charge on any atom is 0.359 e. The van der Waals surface area contributed by atoms with Crippen LogP contribution in [0.5, 0.6) is 0 Å². The number of fused-ring (bicyclic) bond motifs is 1. The predicted octanol–water partition coefficient (Wildman–Crippen LogP) is 3.72. The predicted molar refractivity (Wildman–Crippen MR) is 101 cm³/mol. The van der Waals surface area contributed by atoms with E-state index < -0.39 is 5.97 Å². The first-order valence-corrected chi connectivity index (χ1v) is 8.69. The third kappa shape index (κ3) is 3.67. The number of benzene rings is 2. The molecule has 3 rings (SSSR count). The van der Waals surface area contributed by atoms with Gasteiger partial charge in [-0.1, -0.05) is 56.3 Å². The summed E-state index contributed by atoms with van der Waals surface area (Å²) in [5, 5.41) is 5.30. The normalized spacial score (nSPS) is 11.1. The molecule has 1 aromatic heterocycles. The largest absolute Gasteiger partial charge is 0.456 e. The number of aryl methyl sites for hydroxylation is 1. The average molecular weight is 350 g/mol. The highest BCUT2D eigenvalue weighted by molar-refractivity contribution is 6.02. The van der Waals surface area contributed by atoms with Crippen LogP contribution < -0.4 is 5.56 Å². The second-order valence-electron chi connectivity index (χ2n) is 6.78. The number of rotatable bonds is 5. The van der Waals surface area contributed by atoms with Crippen molar-refractivity contribution in [3.05, 3.63) is 75.7 Å². The van der Waals surface area contributed by atoms with Gasteiger partial charge in [0.05, 0.1) is 5.39 Å². The van der Waals surface area contributed by atoms with E-state index in [1.807, 2.05) is 45.0 Å². The lowest BCUT2D eigenvalue weighted by Gasteiger charge is -2.12. The van der Waals surface area contributed by atoms with E-state index in [1.165, 1.54) is 4.68 Å². The molecule has 0 aliphatic heterocycles. The van der Waals surface area contributed by atoms with Crippen molar-refractivity contribution in [3.63, 3.8) is 0 Å². The highest BCUT2D eigenvalue weighted by Crippen LogP contribution is 2.16. The SMILES string of the molecule is Cc1ccccc1COC(=O)c1nn(CC(C)C)c(=O)c2ccccc12. The fourth-order valence-electron chi connectivity index (χ4n) is 2.84. The van der Waals surface area contributed by atoms with Gasteiger partial charge in [0.1, 0.15) is 6.61 Å². The van der Waals surface area contributed by atoms with Crippen LogP contribution in [-0.4, -0.2) is 15.7 Å². The molecule has 134 valence electrons. The van der Waals surface area contributed by atoms with Crippen LogP contribution in [0.1, 0.15) is 35.5 Å². The third-order valence-corrected chi connectivity index (χ3v) is 4.22. The van der Waals surface area contributed by atoms with E-state index in [-0.39, 0.29) is 23.8 Å². The van der Waals surface area contributed by atoms with Crippen molar-refractivity contribution in [3.8, 4) is 0 Å². The highest BCUT2D eigenvalue weighted by atomic mass is 16.5. The molecule has 26 heavy (non-hydrogen) atoms. The fourth-order valence-corrected chi connectivity index (χ4v) is 2.84. The molecule has 0 saturated heterocycles. The van der Waals surface area contributed by atoms with Gasteiger partial charge in [-0.15, -0.1) is 0 Å². The Morgan fingerprint density at radius 3 is 2.42 bits per heavy atom. The van der Waals surface area contributed by atoms with Crippen molar-refractivity contribution in [2.75, 3.05) is 0 Å². The van der Waals surface area contributed by atoms with Crippen LogP contribution in [0.25, 0.3) is 10.8 Å². The summed E-state index contributed by atoms with van der Waals surface area (Å²) < 4.78 is 6.84. The van der Waals surface area contributed by atoms with Gasteiger partial charge in [0.15, 0.2) is 5.69 Å². The third-order valence-electron chi connectivity index (χ3n) is 4.22. The molecular formula is C21H22N2O3. The fraction of sp³-hybridized carbons (Fsp3) is 0.286. The van der Waals surface area contributed by atoms with Crippen molar-refractivity contribution < 1.29 is 9.53 Å². The van der Waals surface area contributed by atoms with Gasteiger partial charge in [-0.05, 0) is 30.0 Å². The molecule has 0 aliphatic rings. The van der Waals surface area contributed by atoms with Gasteiger partial charge in [-0.3, -0.25) is 4.79 Å². The second-order valence-corrected chi connectivity index (χ2v) is 6.78. The van der Waals surface area contributed by atoms with Crippen molar-refractivity contribution in [1.82, 2.24) is 9.78 Å². The van der Waals surface area contributed by atoms with Gasteiger partial charge >= 0.3 is 5.97 Å². The van der Waals surface area contributed by atoms with Crippen molar-refractivity contribution >= 4 is 16.7 Å². The topological polar surface area (TPSA) is 61.2 Å². The quantitative estimate of drug-likeness (QED) is 0.658. The summed E-state index contributed by atoms with van der Waals surface area (Å²) in [4.78, 5) is 25.3. The molecule has 0 radical (unpaired) electrons. The number of hydrogen-bond acceptors (Lipinski definition) is 4. The van der Waals surface area contributed by atoms with E-state index in [0.717, 1.165) is 11.1 Å². The number of ether oxygens (including phenoxy) is 1. The van der Waals surface area contributed by atoms with E-state index in [4.69, 9.17) is 4.74 Å². The summed E-state index contributed by atoms with van der Waals surface area (Å²) in [5.74, 6) is -0.292. The van der Waals surface area contributed by atoms with E-state index in [9.17, 15) is 9.59 Å². The molecular weight excluding hydrogens is 328 g/mol. The number of nitrogens with zero attached hydrogens (tertiary/aromatic N) is 2.